The molecular weight excluding hydrogens is 406 g/mol. The Balaban J connectivity index is 1.73. The Bertz CT molecular complexity index is 1040. The summed E-state index contributed by atoms with van der Waals surface area (Å²) >= 11 is 0. The first-order chi connectivity index (χ1) is 14.3. The van der Waals surface area contributed by atoms with Gasteiger partial charge in [-0.2, -0.15) is 4.31 Å². The number of hydrogen-bond acceptors (Lipinski definition) is 6. The number of Topliss-reactive ketones (excluding diaryl/α,β-unsaturated/α-hetero) is 1. The molecule has 8 heteroatoms. The summed E-state index contributed by atoms with van der Waals surface area (Å²) in [5.74, 6) is -0.602. The Kier molecular flexibility index (Phi) is 6.89. The van der Waals surface area contributed by atoms with Crippen molar-refractivity contribution in [2.45, 2.75) is 31.1 Å². The lowest BCUT2D eigenvalue weighted by atomic mass is 10.1. The third-order valence-electron chi connectivity index (χ3n) is 5.08. The van der Waals surface area contributed by atoms with Crippen LogP contribution in [0.1, 0.15) is 45.5 Å². The molecule has 30 heavy (non-hydrogen) atoms. The summed E-state index contributed by atoms with van der Waals surface area (Å²) in [6, 6.07) is 11.0. The Morgan fingerprint density at radius 1 is 1.00 bits per heavy atom. The molecule has 1 saturated heterocycles. The zero-order valence-electron chi connectivity index (χ0n) is 17.1. The van der Waals surface area contributed by atoms with Crippen LogP contribution in [0.3, 0.4) is 0 Å². The van der Waals surface area contributed by atoms with Gasteiger partial charge in [-0.15, -0.1) is 0 Å². The van der Waals surface area contributed by atoms with Crippen LogP contribution in [0.15, 0.2) is 47.4 Å². The van der Waals surface area contributed by atoms with Gasteiger partial charge in [-0.25, -0.2) is 13.2 Å². The van der Waals surface area contributed by atoms with Crippen LogP contribution in [0.2, 0.25) is 0 Å². The Morgan fingerprint density at radius 2 is 1.73 bits per heavy atom. The number of carbonyl (C=O) groups is 2. The van der Waals surface area contributed by atoms with Gasteiger partial charge in [-0.05, 0) is 49.6 Å². The molecule has 0 aromatic heterocycles. The number of sulfonamides is 1. The zero-order chi connectivity index (χ0) is 21.7. The number of methoxy groups -OCH3 is 1. The van der Waals surface area contributed by atoms with Gasteiger partial charge >= 0.3 is 5.97 Å². The second kappa shape index (κ2) is 9.40. The van der Waals surface area contributed by atoms with Crippen molar-refractivity contribution in [3.05, 3.63) is 59.2 Å². The van der Waals surface area contributed by atoms with E-state index in [4.69, 9.17) is 9.47 Å². The molecule has 1 heterocycles. The topological polar surface area (TPSA) is 90.0 Å². The van der Waals surface area contributed by atoms with Crippen molar-refractivity contribution < 1.29 is 27.5 Å². The number of aryl methyl sites for hydroxylation is 1. The minimum atomic E-state index is -3.69. The monoisotopic (exact) mass is 431 g/mol. The molecule has 0 radical (unpaired) electrons. The molecule has 0 unspecified atom stereocenters. The molecule has 3 rings (SSSR count). The standard InChI is InChI=1S/C22H25NO6S/c1-16-9-10-18(14-21(16)30(26,27)23-11-4-3-5-12-23)22(25)29-15-20(24)17-7-6-8-19(13-17)28-2/h6-10,13-14H,3-5,11-12,15H2,1-2H3. The average Bonchev–Trinajstić information content (AvgIpc) is 2.78. The first-order valence-corrected chi connectivity index (χ1v) is 11.2. The van der Waals surface area contributed by atoms with E-state index in [9.17, 15) is 18.0 Å². The van der Waals surface area contributed by atoms with E-state index in [1.807, 2.05) is 0 Å². The van der Waals surface area contributed by atoms with E-state index in [0.717, 1.165) is 19.3 Å². The van der Waals surface area contributed by atoms with Gasteiger partial charge in [0.15, 0.2) is 12.4 Å². The fourth-order valence-electron chi connectivity index (χ4n) is 3.34. The molecule has 0 aliphatic carbocycles. The highest BCUT2D eigenvalue weighted by molar-refractivity contribution is 7.89. The second-order valence-corrected chi connectivity index (χ2v) is 9.08. The third-order valence-corrected chi connectivity index (χ3v) is 7.12. The number of ether oxygens (including phenoxy) is 2. The predicted molar refractivity (Wildman–Crippen MR) is 111 cm³/mol. The number of ketones is 1. The minimum absolute atomic E-state index is 0.0922. The van der Waals surface area contributed by atoms with Crippen LogP contribution in [0.5, 0.6) is 5.75 Å². The SMILES string of the molecule is COc1cccc(C(=O)COC(=O)c2ccc(C)c(S(=O)(=O)N3CCCCC3)c2)c1. The molecule has 160 valence electrons. The normalized spacial score (nSPS) is 14.9. The predicted octanol–water partition coefficient (Wildman–Crippen LogP) is 3.22. The van der Waals surface area contributed by atoms with Crippen molar-refractivity contribution in [3.8, 4) is 5.75 Å². The fourth-order valence-corrected chi connectivity index (χ4v) is 5.11. The maximum Gasteiger partial charge on any atom is 0.338 e. The van der Waals surface area contributed by atoms with Crippen molar-refractivity contribution in [1.29, 1.82) is 0 Å². The quantitative estimate of drug-likeness (QED) is 0.494. The molecule has 1 fully saturated rings. The van der Waals surface area contributed by atoms with Crippen LogP contribution in [0.25, 0.3) is 0 Å². The van der Waals surface area contributed by atoms with Gasteiger partial charge in [0.2, 0.25) is 10.0 Å². The summed E-state index contributed by atoms with van der Waals surface area (Å²) in [4.78, 5) is 24.9. The van der Waals surface area contributed by atoms with Crippen LogP contribution in [-0.4, -0.2) is 51.3 Å². The molecule has 7 nitrogen and oxygen atoms in total. The molecule has 0 saturated carbocycles. The van der Waals surface area contributed by atoms with Crippen molar-refractivity contribution in [2.24, 2.45) is 0 Å². The number of esters is 1. The first-order valence-electron chi connectivity index (χ1n) is 9.78. The lowest BCUT2D eigenvalue weighted by Crippen LogP contribution is -2.36. The highest BCUT2D eigenvalue weighted by Gasteiger charge is 2.28. The Hall–Kier alpha value is -2.71. The van der Waals surface area contributed by atoms with Gasteiger partial charge in [0.25, 0.3) is 0 Å². The van der Waals surface area contributed by atoms with E-state index in [1.54, 1.807) is 37.3 Å². The van der Waals surface area contributed by atoms with E-state index >= 15 is 0 Å². The molecule has 0 N–H and O–H groups in total. The Labute approximate surface area is 176 Å². The van der Waals surface area contributed by atoms with E-state index in [-0.39, 0.29) is 16.2 Å². The number of piperidine rings is 1. The average molecular weight is 432 g/mol. The first kappa shape index (κ1) is 22.0. The fraction of sp³-hybridized carbons (Fsp3) is 0.364. The summed E-state index contributed by atoms with van der Waals surface area (Å²) in [5, 5.41) is 0. The Morgan fingerprint density at radius 3 is 2.43 bits per heavy atom. The van der Waals surface area contributed by atoms with Crippen LogP contribution < -0.4 is 4.74 Å². The minimum Gasteiger partial charge on any atom is -0.497 e. The summed E-state index contributed by atoms with van der Waals surface area (Å²) in [7, 11) is -2.19. The van der Waals surface area contributed by atoms with Crippen molar-refractivity contribution >= 4 is 21.8 Å². The van der Waals surface area contributed by atoms with Gasteiger partial charge in [-0.3, -0.25) is 4.79 Å². The molecular formula is C22H25NO6S. The van der Waals surface area contributed by atoms with Crippen LogP contribution in [-0.2, 0) is 14.8 Å². The van der Waals surface area contributed by atoms with Crippen LogP contribution in [0, 0.1) is 6.92 Å². The van der Waals surface area contributed by atoms with Gasteiger partial charge < -0.3 is 9.47 Å². The van der Waals surface area contributed by atoms with Crippen LogP contribution >= 0.6 is 0 Å². The smallest absolute Gasteiger partial charge is 0.338 e. The molecule has 1 aliphatic heterocycles. The lowest BCUT2D eigenvalue weighted by Gasteiger charge is -2.26. The zero-order valence-corrected chi connectivity index (χ0v) is 17.9. The molecule has 1 aliphatic rings. The van der Waals surface area contributed by atoms with E-state index in [0.29, 0.717) is 30.0 Å². The number of rotatable bonds is 7. The maximum atomic E-state index is 13.0. The number of benzene rings is 2. The highest BCUT2D eigenvalue weighted by atomic mass is 32.2. The number of hydrogen-bond donors (Lipinski definition) is 0. The van der Waals surface area contributed by atoms with E-state index < -0.39 is 22.6 Å². The van der Waals surface area contributed by atoms with Gasteiger partial charge in [0.1, 0.15) is 5.75 Å². The molecule has 0 atom stereocenters. The second-order valence-electron chi connectivity index (χ2n) is 7.18. The summed E-state index contributed by atoms with van der Waals surface area (Å²) in [6.07, 6.45) is 2.66. The number of nitrogens with zero attached hydrogens (tertiary/aromatic N) is 1. The summed E-state index contributed by atoms with van der Waals surface area (Å²) < 4.78 is 37.7. The molecule has 2 aromatic carbocycles. The van der Waals surface area contributed by atoms with Crippen LogP contribution in [0.4, 0.5) is 0 Å². The van der Waals surface area contributed by atoms with E-state index in [2.05, 4.69) is 0 Å². The van der Waals surface area contributed by atoms with Crippen molar-refractivity contribution in [1.82, 2.24) is 4.31 Å². The molecule has 0 spiro atoms. The molecule has 0 bridgehead atoms. The highest BCUT2D eigenvalue weighted by Crippen LogP contribution is 2.24. The van der Waals surface area contributed by atoms with Gasteiger partial charge in [-0.1, -0.05) is 24.6 Å². The lowest BCUT2D eigenvalue weighted by molar-refractivity contribution is 0.0474. The van der Waals surface area contributed by atoms with Gasteiger partial charge in [0.05, 0.1) is 17.6 Å². The van der Waals surface area contributed by atoms with Crippen molar-refractivity contribution in [2.75, 3.05) is 26.8 Å². The van der Waals surface area contributed by atoms with E-state index in [1.165, 1.54) is 23.5 Å². The largest absolute Gasteiger partial charge is 0.497 e. The maximum absolute atomic E-state index is 13.0. The van der Waals surface area contributed by atoms with Gasteiger partial charge in [0, 0.05) is 18.7 Å². The number of carbonyl (C=O) groups excluding carboxylic acids is 2. The third kappa shape index (κ3) is 4.88. The molecule has 0 amide bonds. The summed E-state index contributed by atoms with van der Waals surface area (Å²) in [5.41, 5.74) is 1.01. The summed E-state index contributed by atoms with van der Waals surface area (Å²) in [6.45, 7) is 2.20. The van der Waals surface area contributed by atoms with Crippen molar-refractivity contribution in [3.63, 3.8) is 0 Å². The molecule has 2 aromatic rings.